The van der Waals surface area contributed by atoms with E-state index in [0.717, 1.165) is 29.7 Å². The quantitative estimate of drug-likeness (QED) is 0.812. The van der Waals surface area contributed by atoms with Crippen LogP contribution in [0.1, 0.15) is 69.4 Å². The Balaban J connectivity index is 1.33. The summed E-state index contributed by atoms with van der Waals surface area (Å²) >= 11 is 0. The van der Waals surface area contributed by atoms with Crippen molar-refractivity contribution < 1.29 is 19.1 Å². The summed E-state index contributed by atoms with van der Waals surface area (Å²) in [6.45, 7) is 2.83. The molecule has 3 atom stereocenters. The standard InChI is InChI=1S/C24H25N3O4/c1-14-21-16(8-5-9-18(21)28)25-22(14)23(30)26-11-10-24-19(26)12-20(29)27(24)17(13-31-24)15-6-3-2-4-7-15/h2-4,6-7,17,19,25H,5,8-13H2,1H3/t17-,19+,24-/m0/s1. The molecular formula is C24H25N3O4. The fraction of sp³-hybridized carbons (Fsp3) is 0.458. The van der Waals surface area contributed by atoms with Gasteiger partial charge in [-0.15, -0.1) is 0 Å². The number of ketones is 1. The van der Waals surface area contributed by atoms with E-state index in [9.17, 15) is 14.4 Å². The van der Waals surface area contributed by atoms with Crippen LogP contribution in [0.3, 0.4) is 0 Å². The van der Waals surface area contributed by atoms with Gasteiger partial charge in [-0.3, -0.25) is 14.4 Å². The molecule has 7 heteroatoms. The van der Waals surface area contributed by atoms with Crippen LogP contribution in [0.2, 0.25) is 0 Å². The highest BCUT2D eigenvalue weighted by atomic mass is 16.5. The van der Waals surface area contributed by atoms with E-state index in [2.05, 4.69) is 4.98 Å². The third-order valence-electron chi connectivity index (χ3n) is 7.55. The molecule has 160 valence electrons. The Morgan fingerprint density at radius 2 is 2.00 bits per heavy atom. The zero-order valence-electron chi connectivity index (χ0n) is 17.5. The predicted octanol–water partition coefficient (Wildman–Crippen LogP) is 2.76. The van der Waals surface area contributed by atoms with Crippen molar-refractivity contribution in [3.8, 4) is 0 Å². The number of ether oxygens (including phenoxy) is 1. The average molecular weight is 419 g/mol. The van der Waals surface area contributed by atoms with Crippen molar-refractivity contribution in [1.29, 1.82) is 0 Å². The Kier molecular flexibility index (Phi) is 3.96. The lowest BCUT2D eigenvalue weighted by atomic mass is 9.93. The molecule has 2 amide bonds. The minimum absolute atomic E-state index is 0.0338. The Hall–Kier alpha value is -2.93. The molecule has 1 spiro atoms. The number of hydrogen-bond acceptors (Lipinski definition) is 4. The van der Waals surface area contributed by atoms with Crippen molar-refractivity contribution in [2.24, 2.45) is 0 Å². The lowest BCUT2D eigenvalue weighted by Crippen LogP contribution is -2.49. The number of likely N-dealkylation sites (tertiary alicyclic amines) is 1. The summed E-state index contributed by atoms with van der Waals surface area (Å²) in [4.78, 5) is 46.0. The maximum absolute atomic E-state index is 13.6. The second kappa shape index (κ2) is 6.53. The van der Waals surface area contributed by atoms with Crippen molar-refractivity contribution in [3.63, 3.8) is 0 Å². The molecule has 3 saturated heterocycles. The molecule has 4 aliphatic rings. The molecule has 1 aliphatic carbocycles. The summed E-state index contributed by atoms with van der Waals surface area (Å²) < 4.78 is 6.32. The molecule has 7 nitrogen and oxygen atoms in total. The van der Waals surface area contributed by atoms with E-state index in [-0.39, 0.29) is 36.1 Å². The number of rotatable bonds is 2. The van der Waals surface area contributed by atoms with E-state index in [1.165, 1.54) is 0 Å². The maximum atomic E-state index is 13.6. The monoisotopic (exact) mass is 419 g/mol. The lowest BCUT2D eigenvalue weighted by Gasteiger charge is -2.33. The van der Waals surface area contributed by atoms with Gasteiger partial charge in [0.25, 0.3) is 5.91 Å². The van der Waals surface area contributed by atoms with Gasteiger partial charge >= 0.3 is 0 Å². The van der Waals surface area contributed by atoms with Gasteiger partial charge in [0.1, 0.15) is 5.69 Å². The van der Waals surface area contributed by atoms with Crippen molar-refractivity contribution in [3.05, 3.63) is 58.4 Å². The molecule has 0 bridgehead atoms. The number of carbonyl (C=O) groups is 3. The van der Waals surface area contributed by atoms with Crippen LogP contribution in [0.15, 0.2) is 30.3 Å². The average Bonchev–Trinajstić information content (AvgIpc) is 3.48. The van der Waals surface area contributed by atoms with Gasteiger partial charge in [-0.25, -0.2) is 0 Å². The van der Waals surface area contributed by atoms with Gasteiger partial charge in [-0.1, -0.05) is 30.3 Å². The largest absolute Gasteiger partial charge is 0.354 e. The van der Waals surface area contributed by atoms with Gasteiger partial charge < -0.3 is 19.5 Å². The van der Waals surface area contributed by atoms with Crippen molar-refractivity contribution in [2.75, 3.05) is 13.2 Å². The van der Waals surface area contributed by atoms with Crippen LogP contribution in [0.25, 0.3) is 0 Å². The molecule has 0 saturated carbocycles. The molecule has 1 aromatic carbocycles. The number of carbonyl (C=O) groups excluding carboxylic acids is 3. The van der Waals surface area contributed by atoms with Crippen LogP contribution in [-0.4, -0.2) is 57.3 Å². The van der Waals surface area contributed by atoms with Crippen LogP contribution in [0.4, 0.5) is 0 Å². The van der Waals surface area contributed by atoms with Crippen molar-refractivity contribution >= 4 is 17.6 Å². The molecule has 1 aromatic heterocycles. The van der Waals surface area contributed by atoms with E-state index in [1.54, 1.807) is 4.90 Å². The minimum atomic E-state index is -0.747. The zero-order chi connectivity index (χ0) is 21.3. The highest BCUT2D eigenvalue weighted by molar-refractivity contribution is 6.04. The molecule has 0 radical (unpaired) electrons. The van der Waals surface area contributed by atoms with Crippen molar-refractivity contribution in [2.45, 2.75) is 56.8 Å². The Morgan fingerprint density at radius 3 is 2.77 bits per heavy atom. The number of hydrogen-bond donors (Lipinski definition) is 1. The molecule has 31 heavy (non-hydrogen) atoms. The van der Waals surface area contributed by atoms with Crippen molar-refractivity contribution in [1.82, 2.24) is 14.8 Å². The fourth-order valence-electron chi connectivity index (χ4n) is 6.14. The number of amides is 2. The SMILES string of the molecule is Cc1c(C(=O)N2CC[C@@]34OC[C@@H](c5ccccc5)N3C(=O)C[C@@H]24)[nH]c2c1C(=O)CCC2. The summed E-state index contributed by atoms with van der Waals surface area (Å²) in [6.07, 6.45) is 3.01. The van der Waals surface area contributed by atoms with Gasteiger partial charge in [0.15, 0.2) is 11.5 Å². The fourth-order valence-corrected chi connectivity index (χ4v) is 6.14. The normalized spacial score (nSPS) is 29.3. The van der Waals surface area contributed by atoms with Crippen LogP contribution in [-0.2, 0) is 16.0 Å². The third-order valence-corrected chi connectivity index (χ3v) is 7.55. The molecule has 3 aliphatic heterocycles. The Morgan fingerprint density at radius 1 is 1.19 bits per heavy atom. The number of aryl methyl sites for hydroxylation is 1. The number of Topliss-reactive ketones (excluding diaryl/α,β-unsaturated/α-hetero) is 1. The predicted molar refractivity (Wildman–Crippen MR) is 112 cm³/mol. The molecule has 3 fully saturated rings. The summed E-state index contributed by atoms with van der Waals surface area (Å²) in [5, 5.41) is 0. The van der Waals surface area contributed by atoms with Crippen LogP contribution >= 0.6 is 0 Å². The number of benzene rings is 1. The number of aromatic amines is 1. The zero-order valence-corrected chi connectivity index (χ0v) is 17.5. The van der Waals surface area contributed by atoms with E-state index in [4.69, 9.17) is 4.74 Å². The number of H-pyrrole nitrogens is 1. The molecule has 0 unspecified atom stereocenters. The molecular weight excluding hydrogens is 394 g/mol. The van der Waals surface area contributed by atoms with Crippen LogP contribution in [0, 0.1) is 6.92 Å². The second-order valence-electron chi connectivity index (χ2n) is 9.07. The molecule has 6 rings (SSSR count). The highest BCUT2D eigenvalue weighted by Gasteiger charge is 2.65. The summed E-state index contributed by atoms with van der Waals surface area (Å²) in [6, 6.07) is 9.52. The number of nitrogens with zero attached hydrogens (tertiary/aromatic N) is 2. The first-order valence-corrected chi connectivity index (χ1v) is 11.1. The summed E-state index contributed by atoms with van der Waals surface area (Å²) in [5.74, 6) is 0.00788. The first-order chi connectivity index (χ1) is 15.0. The first kappa shape index (κ1) is 18.8. The number of aromatic nitrogens is 1. The van der Waals surface area contributed by atoms with Gasteiger partial charge in [-0.05, 0) is 30.9 Å². The minimum Gasteiger partial charge on any atom is -0.354 e. The second-order valence-corrected chi connectivity index (χ2v) is 9.07. The molecule has 2 aromatic rings. The van der Waals surface area contributed by atoms with Crippen LogP contribution in [0.5, 0.6) is 0 Å². The van der Waals surface area contributed by atoms with E-state index in [1.807, 2.05) is 42.2 Å². The number of nitrogens with one attached hydrogen (secondary N) is 1. The smallest absolute Gasteiger partial charge is 0.271 e. The van der Waals surface area contributed by atoms with Gasteiger partial charge in [0, 0.05) is 30.6 Å². The van der Waals surface area contributed by atoms with Gasteiger partial charge in [0.05, 0.1) is 25.1 Å². The maximum Gasteiger partial charge on any atom is 0.271 e. The lowest BCUT2D eigenvalue weighted by molar-refractivity contribution is -0.138. The summed E-state index contributed by atoms with van der Waals surface area (Å²) in [5.41, 5.74) is 3.10. The van der Waals surface area contributed by atoms with Crippen LogP contribution < -0.4 is 0 Å². The van der Waals surface area contributed by atoms with Gasteiger partial charge in [0.2, 0.25) is 5.91 Å². The Bertz CT molecular complexity index is 1110. The highest BCUT2D eigenvalue weighted by Crippen LogP contribution is 2.51. The Labute approximate surface area is 180 Å². The topological polar surface area (TPSA) is 82.7 Å². The van der Waals surface area contributed by atoms with Gasteiger partial charge in [-0.2, -0.15) is 0 Å². The first-order valence-electron chi connectivity index (χ1n) is 11.1. The van der Waals surface area contributed by atoms with E-state index in [0.29, 0.717) is 37.3 Å². The number of fused-ring (bicyclic) bond motifs is 1. The third kappa shape index (κ3) is 2.47. The van der Waals surface area contributed by atoms with E-state index < -0.39 is 5.72 Å². The molecule has 4 heterocycles. The molecule has 1 N–H and O–H groups in total. The van der Waals surface area contributed by atoms with E-state index >= 15 is 0 Å². The summed E-state index contributed by atoms with van der Waals surface area (Å²) in [7, 11) is 0.